The Hall–Kier alpha value is -1.39. The maximum Gasteiger partial charge on any atom is 0.0964 e. The van der Waals surface area contributed by atoms with Gasteiger partial charge in [0, 0.05) is 11.6 Å². The molecule has 0 aliphatic carbocycles. The van der Waals surface area contributed by atoms with E-state index >= 15 is 0 Å². The van der Waals surface area contributed by atoms with Gasteiger partial charge in [-0.05, 0) is 49.5 Å². The van der Waals surface area contributed by atoms with Crippen LogP contribution in [0.5, 0.6) is 0 Å². The van der Waals surface area contributed by atoms with Gasteiger partial charge in [-0.15, -0.1) is 0 Å². The summed E-state index contributed by atoms with van der Waals surface area (Å²) in [6.45, 7) is 3.12. The molecule has 1 N–H and O–H groups in total. The number of benzene rings is 1. The molecule has 0 atom stereocenters. The van der Waals surface area contributed by atoms with Crippen LogP contribution in [0.2, 0.25) is 5.02 Å². The van der Waals surface area contributed by atoms with Crippen molar-refractivity contribution in [2.24, 2.45) is 0 Å². The van der Waals surface area contributed by atoms with Crippen molar-refractivity contribution in [2.75, 3.05) is 13.1 Å². The second kappa shape index (κ2) is 5.72. The van der Waals surface area contributed by atoms with Gasteiger partial charge >= 0.3 is 0 Å². The van der Waals surface area contributed by atoms with Gasteiger partial charge in [-0.25, -0.2) is 0 Å². The van der Waals surface area contributed by atoms with E-state index in [-0.39, 0.29) is 0 Å². The Morgan fingerprint density at radius 1 is 1.21 bits per heavy atom. The van der Waals surface area contributed by atoms with Crippen LogP contribution >= 0.6 is 11.6 Å². The number of likely N-dealkylation sites (tertiary alicyclic amines) is 1. The molecule has 1 aliphatic heterocycles. The molecule has 0 saturated carbocycles. The topological polar surface area (TPSA) is 44.8 Å². The largest absolute Gasteiger partial charge is 0.297 e. The molecule has 2 aromatic rings. The van der Waals surface area contributed by atoms with Gasteiger partial charge in [-0.1, -0.05) is 23.7 Å². The predicted molar refractivity (Wildman–Crippen MR) is 75.1 cm³/mol. The highest BCUT2D eigenvalue weighted by molar-refractivity contribution is 6.30. The minimum absolute atomic E-state index is 0.658. The molecule has 0 radical (unpaired) electrons. The van der Waals surface area contributed by atoms with Gasteiger partial charge in [0.1, 0.15) is 0 Å². The standard InChI is InChI=1S/C14H17ClN4/c15-13-3-1-11(2-4-13)12-5-7-19(8-6-12)10-14-9-16-18-17-14/h1-4,9,12H,5-8,10H2,(H,16,17,18). The maximum atomic E-state index is 5.93. The molecule has 1 saturated heterocycles. The zero-order chi connectivity index (χ0) is 13.1. The number of piperidine rings is 1. The van der Waals surface area contributed by atoms with Crippen molar-refractivity contribution >= 4 is 11.6 Å². The van der Waals surface area contributed by atoms with Crippen LogP contribution in [0.3, 0.4) is 0 Å². The summed E-state index contributed by atoms with van der Waals surface area (Å²) >= 11 is 5.93. The van der Waals surface area contributed by atoms with E-state index in [4.69, 9.17) is 11.6 Å². The molecule has 1 aromatic carbocycles. The smallest absolute Gasteiger partial charge is 0.0964 e. The summed E-state index contributed by atoms with van der Waals surface area (Å²) in [6, 6.07) is 8.28. The monoisotopic (exact) mass is 276 g/mol. The predicted octanol–water partition coefficient (Wildman–Crippen LogP) is 2.84. The Balaban J connectivity index is 1.56. The average Bonchev–Trinajstić information content (AvgIpc) is 2.94. The molecule has 1 aromatic heterocycles. The Labute approximate surface area is 117 Å². The van der Waals surface area contributed by atoms with Gasteiger partial charge in [-0.2, -0.15) is 15.4 Å². The van der Waals surface area contributed by atoms with E-state index in [0.29, 0.717) is 5.92 Å². The lowest BCUT2D eigenvalue weighted by Gasteiger charge is -2.31. The van der Waals surface area contributed by atoms with Crippen molar-refractivity contribution in [1.29, 1.82) is 0 Å². The second-order valence-electron chi connectivity index (χ2n) is 5.06. The quantitative estimate of drug-likeness (QED) is 0.938. The summed E-state index contributed by atoms with van der Waals surface area (Å²) in [6.07, 6.45) is 4.18. The molecule has 1 aliphatic rings. The van der Waals surface area contributed by atoms with Crippen LogP contribution in [-0.4, -0.2) is 33.4 Å². The molecule has 0 bridgehead atoms. The Morgan fingerprint density at radius 2 is 1.95 bits per heavy atom. The molecule has 5 heteroatoms. The molecule has 0 amide bonds. The minimum atomic E-state index is 0.658. The zero-order valence-corrected chi connectivity index (χ0v) is 11.5. The minimum Gasteiger partial charge on any atom is -0.297 e. The number of aromatic amines is 1. The van der Waals surface area contributed by atoms with Crippen LogP contribution in [0.25, 0.3) is 0 Å². The van der Waals surface area contributed by atoms with Gasteiger partial charge in [0.25, 0.3) is 0 Å². The van der Waals surface area contributed by atoms with Crippen molar-refractivity contribution < 1.29 is 0 Å². The third-order valence-electron chi connectivity index (χ3n) is 3.78. The van der Waals surface area contributed by atoms with E-state index in [1.807, 2.05) is 12.1 Å². The molecule has 1 fully saturated rings. The van der Waals surface area contributed by atoms with E-state index in [9.17, 15) is 0 Å². The number of nitrogens with zero attached hydrogens (tertiary/aromatic N) is 3. The lowest BCUT2D eigenvalue weighted by atomic mass is 9.89. The van der Waals surface area contributed by atoms with Crippen molar-refractivity contribution in [3.63, 3.8) is 0 Å². The van der Waals surface area contributed by atoms with Gasteiger partial charge < -0.3 is 0 Å². The second-order valence-corrected chi connectivity index (χ2v) is 5.50. The summed E-state index contributed by atoms with van der Waals surface area (Å²) in [7, 11) is 0. The first-order chi connectivity index (χ1) is 9.31. The SMILES string of the molecule is Clc1ccc(C2CCN(Cc3cn[nH]n3)CC2)cc1. The number of rotatable bonds is 3. The summed E-state index contributed by atoms with van der Waals surface area (Å²) in [5.41, 5.74) is 2.43. The highest BCUT2D eigenvalue weighted by atomic mass is 35.5. The number of H-pyrrole nitrogens is 1. The number of hydrogen-bond acceptors (Lipinski definition) is 3. The van der Waals surface area contributed by atoms with Crippen LogP contribution in [-0.2, 0) is 6.54 Å². The molecule has 3 rings (SSSR count). The third-order valence-corrected chi connectivity index (χ3v) is 4.03. The van der Waals surface area contributed by atoms with Crippen LogP contribution in [0.1, 0.15) is 30.0 Å². The lowest BCUT2D eigenvalue weighted by molar-refractivity contribution is 0.202. The van der Waals surface area contributed by atoms with Gasteiger partial charge in [0.05, 0.1) is 11.9 Å². The summed E-state index contributed by atoms with van der Waals surface area (Å²) in [4.78, 5) is 2.43. The Morgan fingerprint density at radius 3 is 2.58 bits per heavy atom. The number of aromatic nitrogens is 3. The van der Waals surface area contributed by atoms with E-state index in [1.165, 1.54) is 18.4 Å². The van der Waals surface area contributed by atoms with Crippen molar-refractivity contribution in [1.82, 2.24) is 20.3 Å². The number of nitrogens with one attached hydrogen (secondary N) is 1. The molecular weight excluding hydrogens is 260 g/mol. The van der Waals surface area contributed by atoms with Crippen LogP contribution < -0.4 is 0 Å². The fourth-order valence-corrected chi connectivity index (χ4v) is 2.82. The Kier molecular flexibility index (Phi) is 3.80. The fraction of sp³-hybridized carbons (Fsp3) is 0.429. The third kappa shape index (κ3) is 3.14. The molecule has 4 nitrogen and oxygen atoms in total. The first kappa shape index (κ1) is 12.6. The van der Waals surface area contributed by atoms with E-state index in [2.05, 4.69) is 32.4 Å². The summed E-state index contributed by atoms with van der Waals surface area (Å²) < 4.78 is 0. The number of halogens is 1. The number of hydrogen-bond donors (Lipinski definition) is 1. The fourth-order valence-electron chi connectivity index (χ4n) is 2.69. The first-order valence-corrected chi connectivity index (χ1v) is 7.01. The highest BCUT2D eigenvalue weighted by Crippen LogP contribution is 2.29. The van der Waals surface area contributed by atoms with Crippen molar-refractivity contribution in [3.05, 3.63) is 46.7 Å². The van der Waals surface area contributed by atoms with Crippen molar-refractivity contribution in [3.8, 4) is 0 Å². The van der Waals surface area contributed by atoms with Gasteiger partial charge in [-0.3, -0.25) is 4.90 Å². The molecular formula is C14H17ClN4. The normalized spacial score (nSPS) is 17.7. The maximum absolute atomic E-state index is 5.93. The molecule has 0 spiro atoms. The highest BCUT2D eigenvalue weighted by Gasteiger charge is 2.20. The summed E-state index contributed by atoms with van der Waals surface area (Å²) in [5.74, 6) is 0.658. The van der Waals surface area contributed by atoms with Gasteiger partial charge in [0.15, 0.2) is 0 Å². The van der Waals surface area contributed by atoms with Crippen LogP contribution in [0, 0.1) is 0 Å². The molecule has 2 heterocycles. The van der Waals surface area contributed by atoms with E-state index < -0.39 is 0 Å². The molecule has 0 unspecified atom stereocenters. The lowest BCUT2D eigenvalue weighted by Crippen LogP contribution is -2.32. The molecule has 19 heavy (non-hydrogen) atoms. The van der Waals surface area contributed by atoms with E-state index in [0.717, 1.165) is 30.4 Å². The van der Waals surface area contributed by atoms with Gasteiger partial charge in [0.2, 0.25) is 0 Å². The van der Waals surface area contributed by atoms with E-state index in [1.54, 1.807) is 6.20 Å². The van der Waals surface area contributed by atoms with Crippen LogP contribution in [0.4, 0.5) is 0 Å². The first-order valence-electron chi connectivity index (χ1n) is 6.64. The van der Waals surface area contributed by atoms with Crippen molar-refractivity contribution in [2.45, 2.75) is 25.3 Å². The zero-order valence-electron chi connectivity index (χ0n) is 10.7. The Bertz CT molecular complexity index is 501. The van der Waals surface area contributed by atoms with Crippen LogP contribution in [0.15, 0.2) is 30.5 Å². The average molecular weight is 277 g/mol. The molecule has 100 valence electrons. The summed E-state index contributed by atoms with van der Waals surface area (Å²) in [5, 5.41) is 11.4.